The molecule has 1 aromatic carbocycles. The Bertz CT molecular complexity index is 1140. The molecule has 32 heavy (non-hydrogen) atoms. The van der Waals surface area contributed by atoms with Crippen LogP contribution in [0.25, 0.3) is 23.1 Å². The molecule has 0 atom stereocenters. The Morgan fingerprint density at radius 3 is 2.62 bits per heavy atom. The van der Waals surface area contributed by atoms with Gasteiger partial charge in [-0.2, -0.15) is 0 Å². The molecule has 0 bridgehead atoms. The van der Waals surface area contributed by atoms with Crippen molar-refractivity contribution in [2.24, 2.45) is 0 Å². The maximum absolute atomic E-state index is 11.2. The van der Waals surface area contributed by atoms with E-state index < -0.39 is 7.60 Å². The minimum Gasteiger partial charge on any atom is -0.497 e. The molecule has 0 aliphatic carbocycles. The van der Waals surface area contributed by atoms with E-state index in [1.165, 1.54) is 0 Å². The van der Waals surface area contributed by atoms with Crippen molar-refractivity contribution in [3.63, 3.8) is 0 Å². The number of fused-ring (bicyclic) bond motifs is 1. The molecule has 168 valence electrons. The fraction of sp³-hybridized carbons (Fsp3) is 0.318. The molecule has 9 nitrogen and oxygen atoms in total. The second-order valence-corrected chi connectivity index (χ2v) is 9.40. The van der Waals surface area contributed by atoms with Crippen molar-refractivity contribution in [3.05, 3.63) is 54.1 Å². The van der Waals surface area contributed by atoms with Gasteiger partial charge in [0.25, 0.3) is 0 Å². The summed E-state index contributed by atoms with van der Waals surface area (Å²) >= 11 is 0. The number of methoxy groups -OCH3 is 1. The van der Waals surface area contributed by atoms with Gasteiger partial charge in [0.05, 0.1) is 18.8 Å². The minimum absolute atomic E-state index is 0.119. The van der Waals surface area contributed by atoms with Gasteiger partial charge in [-0.25, -0.2) is 9.97 Å². The number of rotatable bonds is 7. The lowest BCUT2D eigenvalue weighted by Gasteiger charge is -2.35. The molecular formula is C22H26N5O4P. The molecule has 3 heterocycles. The van der Waals surface area contributed by atoms with E-state index >= 15 is 0 Å². The van der Waals surface area contributed by atoms with E-state index in [0.29, 0.717) is 38.5 Å². The highest BCUT2D eigenvalue weighted by Gasteiger charge is 2.23. The molecule has 0 amide bonds. The Labute approximate surface area is 186 Å². The number of aromatic nitrogens is 3. The molecule has 0 spiro atoms. The van der Waals surface area contributed by atoms with Crippen LogP contribution in [0.5, 0.6) is 5.75 Å². The number of hydrogen-bond donors (Lipinski definition) is 2. The number of pyridine rings is 1. The maximum Gasteiger partial charge on any atom is 0.326 e. The topological polar surface area (TPSA) is 112 Å². The van der Waals surface area contributed by atoms with E-state index in [1.54, 1.807) is 19.5 Å². The van der Waals surface area contributed by atoms with Crippen LogP contribution in [-0.2, 0) is 4.57 Å². The quantitative estimate of drug-likeness (QED) is 0.519. The first-order chi connectivity index (χ1) is 15.4. The summed E-state index contributed by atoms with van der Waals surface area (Å²) in [5, 5.41) is 0.938. The van der Waals surface area contributed by atoms with Crippen molar-refractivity contribution in [1.82, 2.24) is 19.9 Å². The summed E-state index contributed by atoms with van der Waals surface area (Å²) in [7, 11) is -2.36. The third-order valence-corrected chi connectivity index (χ3v) is 6.17. The Hall–Kier alpha value is -2.84. The predicted molar refractivity (Wildman–Crippen MR) is 125 cm³/mol. The fourth-order valence-corrected chi connectivity index (χ4v) is 4.20. The third-order valence-electron chi connectivity index (χ3n) is 5.39. The Morgan fingerprint density at radius 1 is 1.12 bits per heavy atom. The molecule has 3 aromatic rings. The van der Waals surface area contributed by atoms with Crippen LogP contribution in [0.1, 0.15) is 11.4 Å². The molecule has 2 N–H and O–H groups in total. The number of piperazine rings is 1. The highest BCUT2D eigenvalue weighted by atomic mass is 31.2. The molecule has 0 unspecified atom stereocenters. The zero-order chi connectivity index (χ0) is 22.6. The van der Waals surface area contributed by atoms with Crippen molar-refractivity contribution in [3.8, 4) is 5.75 Å². The second-order valence-electron chi connectivity index (χ2n) is 7.63. The average molecular weight is 455 g/mol. The molecule has 10 heteroatoms. The van der Waals surface area contributed by atoms with Crippen LogP contribution >= 0.6 is 7.60 Å². The number of ether oxygens (including phenoxy) is 1. The summed E-state index contributed by atoms with van der Waals surface area (Å²) < 4.78 is 16.6. The van der Waals surface area contributed by atoms with Crippen LogP contribution in [0, 0.1) is 0 Å². The Morgan fingerprint density at radius 2 is 1.94 bits per heavy atom. The highest BCUT2D eigenvalue weighted by Crippen LogP contribution is 2.34. The summed E-state index contributed by atoms with van der Waals surface area (Å²) in [6.07, 6.45) is 7.19. The van der Waals surface area contributed by atoms with E-state index in [4.69, 9.17) is 24.5 Å². The van der Waals surface area contributed by atoms with Gasteiger partial charge in [0.1, 0.15) is 11.6 Å². The van der Waals surface area contributed by atoms with Crippen LogP contribution in [-0.4, -0.2) is 75.6 Å². The molecule has 2 aromatic heterocycles. The average Bonchev–Trinajstić information content (AvgIpc) is 2.81. The van der Waals surface area contributed by atoms with Gasteiger partial charge in [0, 0.05) is 56.6 Å². The SMILES string of the molecule is COc1ccc2c(N3CCN(CCP(=O)(O)O)CC3)nc(/C=C/c3cccnc3)nc2c1. The smallest absolute Gasteiger partial charge is 0.326 e. The fourth-order valence-electron chi connectivity index (χ4n) is 3.65. The summed E-state index contributed by atoms with van der Waals surface area (Å²) in [5.74, 6) is 2.17. The minimum atomic E-state index is -3.99. The van der Waals surface area contributed by atoms with Gasteiger partial charge in [0.2, 0.25) is 0 Å². The molecule has 1 saturated heterocycles. The maximum atomic E-state index is 11.2. The van der Waals surface area contributed by atoms with Crippen LogP contribution < -0.4 is 9.64 Å². The number of benzene rings is 1. The first kappa shape index (κ1) is 22.4. The van der Waals surface area contributed by atoms with Gasteiger partial charge in [0.15, 0.2) is 5.82 Å². The molecular weight excluding hydrogens is 429 g/mol. The van der Waals surface area contributed by atoms with Gasteiger partial charge < -0.3 is 19.4 Å². The van der Waals surface area contributed by atoms with Crippen molar-refractivity contribution in [1.29, 1.82) is 0 Å². The number of hydrogen-bond acceptors (Lipinski definition) is 7. The molecule has 1 aliphatic rings. The van der Waals surface area contributed by atoms with Gasteiger partial charge in [-0.15, -0.1) is 0 Å². The standard InChI is InChI=1S/C22H26N5O4P/c1-31-18-5-6-19-20(15-18)24-21(7-4-17-3-2-8-23-16-17)25-22(19)27-11-9-26(10-12-27)13-14-32(28,29)30/h2-8,15-16H,9-14H2,1H3,(H2,28,29,30)/b7-4+. The highest BCUT2D eigenvalue weighted by molar-refractivity contribution is 7.51. The zero-order valence-corrected chi connectivity index (χ0v) is 18.7. The first-order valence-electron chi connectivity index (χ1n) is 10.4. The van der Waals surface area contributed by atoms with E-state index in [-0.39, 0.29) is 6.16 Å². The van der Waals surface area contributed by atoms with Crippen LogP contribution in [0.2, 0.25) is 0 Å². The molecule has 4 rings (SSSR count). The van der Waals surface area contributed by atoms with Crippen molar-refractivity contribution in [2.75, 3.05) is 50.9 Å². The summed E-state index contributed by atoms with van der Waals surface area (Å²) in [4.78, 5) is 36.2. The van der Waals surface area contributed by atoms with Crippen molar-refractivity contribution >= 4 is 36.5 Å². The van der Waals surface area contributed by atoms with E-state index in [9.17, 15) is 4.57 Å². The van der Waals surface area contributed by atoms with Crippen molar-refractivity contribution in [2.45, 2.75) is 0 Å². The summed E-state index contributed by atoms with van der Waals surface area (Å²) in [6.45, 7) is 3.24. The summed E-state index contributed by atoms with van der Waals surface area (Å²) in [6, 6.07) is 9.61. The first-order valence-corrected chi connectivity index (χ1v) is 12.2. The lowest BCUT2D eigenvalue weighted by atomic mass is 10.2. The largest absolute Gasteiger partial charge is 0.497 e. The van der Waals surface area contributed by atoms with E-state index in [1.807, 2.05) is 42.5 Å². The molecule has 1 aliphatic heterocycles. The predicted octanol–water partition coefficient (Wildman–Crippen LogP) is 2.50. The van der Waals surface area contributed by atoms with Crippen molar-refractivity contribution < 1.29 is 19.1 Å². The van der Waals surface area contributed by atoms with E-state index in [2.05, 4.69) is 14.8 Å². The monoisotopic (exact) mass is 455 g/mol. The number of anilines is 1. The lowest BCUT2D eigenvalue weighted by molar-refractivity contribution is 0.264. The normalized spacial score (nSPS) is 15.5. The van der Waals surface area contributed by atoms with Crippen LogP contribution in [0.4, 0.5) is 5.82 Å². The zero-order valence-electron chi connectivity index (χ0n) is 17.8. The molecule has 1 fully saturated rings. The van der Waals surface area contributed by atoms with Gasteiger partial charge in [-0.05, 0) is 35.9 Å². The summed E-state index contributed by atoms with van der Waals surface area (Å²) in [5.41, 5.74) is 1.76. The Balaban J connectivity index is 1.60. The van der Waals surface area contributed by atoms with Gasteiger partial charge >= 0.3 is 7.60 Å². The van der Waals surface area contributed by atoms with Gasteiger partial charge in [-0.1, -0.05) is 6.07 Å². The lowest BCUT2D eigenvalue weighted by Crippen LogP contribution is -2.47. The molecule has 0 radical (unpaired) electrons. The van der Waals surface area contributed by atoms with Gasteiger partial charge in [-0.3, -0.25) is 14.4 Å². The molecule has 0 saturated carbocycles. The van der Waals surface area contributed by atoms with Crippen LogP contribution in [0.15, 0.2) is 42.7 Å². The van der Waals surface area contributed by atoms with E-state index in [0.717, 1.165) is 28.0 Å². The third kappa shape index (κ3) is 5.69. The Kier molecular flexibility index (Phi) is 6.81. The van der Waals surface area contributed by atoms with Crippen LogP contribution in [0.3, 0.4) is 0 Å². The second kappa shape index (κ2) is 9.75. The number of nitrogens with zero attached hydrogens (tertiary/aromatic N) is 5.